The molecule has 0 unspecified atom stereocenters. The molecule has 5 heteroatoms. The highest BCUT2D eigenvalue weighted by atomic mass is 32.2. The molecule has 0 saturated carbocycles. The van der Waals surface area contributed by atoms with E-state index in [1.54, 1.807) is 26.0 Å². The van der Waals surface area contributed by atoms with E-state index in [2.05, 4.69) is 48.3 Å². The smallest absolute Gasteiger partial charge is 0.162 e. The molecule has 0 aromatic heterocycles. The Morgan fingerprint density at radius 2 is 1.60 bits per heavy atom. The van der Waals surface area contributed by atoms with Gasteiger partial charge in [-0.1, -0.05) is 43.8 Å². The van der Waals surface area contributed by atoms with Crippen molar-refractivity contribution >= 4 is 17.4 Å². The lowest BCUT2D eigenvalue weighted by Gasteiger charge is -2.20. The number of hydrogen-bond acceptors (Lipinski definition) is 5. The van der Waals surface area contributed by atoms with Gasteiger partial charge in [-0.2, -0.15) is 0 Å². The van der Waals surface area contributed by atoms with Crippen molar-refractivity contribution < 1.29 is 9.47 Å². The Bertz CT molecular complexity index is 646. The SMILES string of the molecule is CCN(CC)CCNc1cc(OC)c(OC)cc1Sc1ccccc1. The molecule has 136 valence electrons. The zero-order valence-electron chi connectivity index (χ0n) is 15.5. The minimum atomic E-state index is 0.741. The molecule has 2 aromatic carbocycles. The maximum absolute atomic E-state index is 5.47. The Morgan fingerprint density at radius 3 is 2.20 bits per heavy atom. The fraction of sp³-hybridized carbons (Fsp3) is 0.400. The molecule has 2 aromatic rings. The van der Waals surface area contributed by atoms with Crippen LogP contribution in [0.25, 0.3) is 0 Å². The van der Waals surface area contributed by atoms with Gasteiger partial charge in [-0.05, 0) is 25.2 Å². The highest BCUT2D eigenvalue weighted by Crippen LogP contribution is 2.41. The van der Waals surface area contributed by atoms with Crippen molar-refractivity contribution in [1.82, 2.24) is 4.90 Å². The van der Waals surface area contributed by atoms with E-state index in [0.717, 1.165) is 48.3 Å². The summed E-state index contributed by atoms with van der Waals surface area (Å²) in [4.78, 5) is 4.72. The lowest BCUT2D eigenvalue weighted by Crippen LogP contribution is -2.28. The average Bonchev–Trinajstić information content (AvgIpc) is 2.66. The number of rotatable bonds is 10. The van der Waals surface area contributed by atoms with E-state index < -0.39 is 0 Å². The monoisotopic (exact) mass is 360 g/mol. The van der Waals surface area contributed by atoms with Crippen LogP contribution >= 0.6 is 11.8 Å². The van der Waals surface area contributed by atoms with Crippen molar-refractivity contribution in [2.75, 3.05) is 45.7 Å². The predicted octanol–water partition coefficient (Wildman–Crippen LogP) is 4.61. The fourth-order valence-electron chi connectivity index (χ4n) is 2.59. The van der Waals surface area contributed by atoms with Gasteiger partial charge in [0.05, 0.1) is 19.9 Å². The molecule has 2 rings (SSSR count). The second-order valence-corrected chi connectivity index (χ2v) is 6.69. The zero-order valence-corrected chi connectivity index (χ0v) is 16.4. The van der Waals surface area contributed by atoms with Gasteiger partial charge in [0.2, 0.25) is 0 Å². The van der Waals surface area contributed by atoms with Crippen molar-refractivity contribution in [3.63, 3.8) is 0 Å². The minimum absolute atomic E-state index is 0.741. The molecule has 25 heavy (non-hydrogen) atoms. The molecule has 0 fully saturated rings. The molecule has 0 aliphatic heterocycles. The normalized spacial score (nSPS) is 10.8. The standard InChI is InChI=1S/C20H28N2O2S/c1-5-22(6-2)13-12-21-17-14-18(23-3)19(24-4)15-20(17)25-16-10-8-7-9-11-16/h7-11,14-15,21H,5-6,12-13H2,1-4H3. The van der Waals surface area contributed by atoms with E-state index in [0.29, 0.717) is 0 Å². The molecular weight excluding hydrogens is 332 g/mol. The Kier molecular flexibility index (Phi) is 7.95. The van der Waals surface area contributed by atoms with Crippen molar-refractivity contribution in [2.45, 2.75) is 23.6 Å². The van der Waals surface area contributed by atoms with E-state index >= 15 is 0 Å². The summed E-state index contributed by atoms with van der Waals surface area (Å²) < 4.78 is 10.9. The number of benzene rings is 2. The van der Waals surface area contributed by atoms with Crippen LogP contribution in [-0.4, -0.2) is 45.3 Å². The second-order valence-electron chi connectivity index (χ2n) is 5.57. The molecule has 4 nitrogen and oxygen atoms in total. The van der Waals surface area contributed by atoms with Crippen LogP contribution in [0.2, 0.25) is 0 Å². The van der Waals surface area contributed by atoms with Gasteiger partial charge in [-0.15, -0.1) is 0 Å². The average molecular weight is 361 g/mol. The summed E-state index contributed by atoms with van der Waals surface area (Å²) in [5.41, 5.74) is 1.07. The van der Waals surface area contributed by atoms with Crippen LogP contribution in [0.5, 0.6) is 11.5 Å². The van der Waals surface area contributed by atoms with Gasteiger partial charge >= 0.3 is 0 Å². The third kappa shape index (κ3) is 5.58. The molecule has 0 radical (unpaired) electrons. The first-order valence-electron chi connectivity index (χ1n) is 8.66. The Hall–Kier alpha value is -1.85. The highest BCUT2D eigenvalue weighted by Gasteiger charge is 2.12. The van der Waals surface area contributed by atoms with E-state index in [-0.39, 0.29) is 0 Å². The lowest BCUT2D eigenvalue weighted by atomic mass is 10.2. The van der Waals surface area contributed by atoms with E-state index in [9.17, 15) is 0 Å². The largest absolute Gasteiger partial charge is 0.493 e. The van der Waals surface area contributed by atoms with E-state index in [1.165, 1.54) is 4.90 Å². The van der Waals surface area contributed by atoms with Crippen molar-refractivity contribution in [3.05, 3.63) is 42.5 Å². The van der Waals surface area contributed by atoms with Gasteiger partial charge in [0.1, 0.15) is 0 Å². The summed E-state index contributed by atoms with van der Waals surface area (Å²) in [6, 6.07) is 14.4. The van der Waals surface area contributed by atoms with Gasteiger partial charge < -0.3 is 19.7 Å². The van der Waals surface area contributed by atoms with Crippen LogP contribution in [0.1, 0.15) is 13.8 Å². The van der Waals surface area contributed by atoms with Crippen molar-refractivity contribution in [3.8, 4) is 11.5 Å². The molecule has 0 amide bonds. The highest BCUT2D eigenvalue weighted by molar-refractivity contribution is 7.99. The summed E-state index contributed by atoms with van der Waals surface area (Å²) in [5.74, 6) is 1.49. The first-order valence-corrected chi connectivity index (χ1v) is 9.48. The van der Waals surface area contributed by atoms with Gasteiger partial charge in [0.25, 0.3) is 0 Å². The minimum Gasteiger partial charge on any atom is -0.493 e. The van der Waals surface area contributed by atoms with Gasteiger partial charge in [0.15, 0.2) is 11.5 Å². The fourth-order valence-corrected chi connectivity index (χ4v) is 3.54. The summed E-state index contributed by atoms with van der Waals surface area (Å²) >= 11 is 1.72. The Labute approximate surface area is 155 Å². The number of anilines is 1. The molecule has 0 heterocycles. The summed E-state index contributed by atoms with van der Waals surface area (Å²) in [6.45, 7) is 8.41. The molecule has 0 aliphatic rings. The van der Waals surface area contributed by atoms with Crippen molar-refractivity contribution in [1.29, 1.82) is 0 Å². The number of nitrogens with one attached hydrogen (secondary N) is 1. The van der Waals surface area contributed by atoms with Gasteiger partial charge in [-0.25, -0.2) is 0 Å². The summed E-state index contributed by atoms with van der Waals surface area (Å²) in [5, 5.41) is 3.56. The van der Waals surface area contributed by atoms with Crippen LogP contribution in [0.4, 0.5) is 5.69 Å². The van der Waals surface area contributed by atoms with Crippen molar-refractivity contribution in [2.24, 2.45) is 0 Å². The predicted molar refractivity (Wildman–Crippen MR) is 106 cm³/mol. The van der Waals surface area contributed by atoms with E-state index in [4.69, 9.17) is 9.47 Å². The first kappa shape index (κ1) is 19.5. The molecule has 0 saturated heterocycles. The van der Waals surface area contributed by atoms with Crippen LogP contribution in [-0.2, 0) is 0 Å². The second kappa shape index (κ2) is 10.2. The molecule has 0 bridgehead atoms. The molecular formula is C20H28N2O2S. The number of nitrogens with zero attached hydrogens (tertiary/aromatic N) is 1. The number of hydrogen-bond donors (Lipinski definition) is 1. The zero-order chi connectivity index (χ0) is 18.1. The lowest BCUT2D eigenvalue weighted by molar-refractivity contribution is 0.316. The summed E-state index contributed by atoms with van der Waals surface area (Å²) in [6.07, 6.45) is 0. The third-order valence-corrected chi connectivity index (χ3v) is 5.16. The van der Waals surface area contributed by atoms with E-state index in [1.807, 2.05) is 18.2 Å². The Morgan fingerprint density at radius 1 is 0.960 bits per heavy atom. The van der Waals surface area contributed by atoms with Crippen LogP contribution < -0.4 is 14.8 Å². The number of likely N-dealkylation sites (N-methyl/N-ethyl adjacent to an activating group) is 1. The molecule has 0 atom stereocenters. The van der Waals surface area contributed by atoms with Gasteiger partial charge in [-0.3, -0.25) is 0 Å². The maximum Gasteiger partial charge on any atom is 0.162 e. The molecule has 0 aliphatic carbocycles. The summed E-state index contributed by atoms with van der Waals surface area (Å²) in [7, 11) is 3.34. The number of ether oxygens (including phenoxy) is 2. The Balaban J connectivity index is 2.21. The number of methoxy groups -OCH3 is 2. The molecule has 1 N–H and O–H groups in total. The third-order valence-electron chi connectivity index (χ3n) is 4.09. The topological polar surface area (TPSA) is 33.7 Å². The van der Waals surface area contributed by atoms with Crippen LogP contribution in [0.15, 0.2) is 52.3 Å². The van der Waals surface area contributed by atoms with Crippen LogP contribution in [0.3, 0.4) is 0 Å². The first-order chi connectivity index (χ1) is 12.2. The van der Waals surface area contributed by atoms with Gasteiger partial charge in [0, 0.05) is 35.0 Å². The quantitative estimate of drug-likeness (QED) is 0.669. The van der Waals surface area contributed by atoms with Crippen LogP contribution in [0, 0.1) is 0 Å². The molecule has 0 spiro atoms. The maximum atomic E-state index is 5.47.